The van der Waals surface area contributed by atoms with Crippen LogP contribution >= 0.6 is 0 Å². The van der Waals surface area contributed by atoms with E-state index in [9.17, 15) is 9.59 Å². The van der Waals surface area contributed by atoms with Crippen molar-refractivity contribution in [3.63, 3.8) is 0 Å². The molecule has 0 saturated carbocycles. The maximum Gasteiger partial charge on any atom is 0.238 e. The summed E-state index contributed by atoms with van der Waals surface area (Å²) in [5, 5.41) is 3.08. The van der Waals surface area contributed by atoms with Crippen LogP contribution in [0, 0.1) is 5.92 Å². The second kappa shape index (κ2) is 11.4. The van der Waals surface area contributed by atoms with Gasteiger partial charge in [0.25, 0.3) is 0 Å². The van der Waals surface area contributed by atoms with Crippen LogP contribution < -0.4 is 19.5 Å². The summed E-state index contributed by atoms with van der Waals surface area (Å²) in [5.74, 6) is -0.756. The first kappa shape index (κ1) is 29.1. The van der Waals surface area contributed by atoms with Crippen LogP contribution in [0.25, 0.3) is 6.08 Å². The van der Waals surface area contributed by atoms with Gasteiger partial charge in [-0.2, -0.15) is 0 Å². The van der Waals surface area contributed by atoms with Gasteiger partial charge in [0, 0.05) is 23.0 Å². The zero-order valence-corrected chi connectivity index (χ0v) is 25.4. The van der Waals surface area contributed by atoms with Crippen molar-refractivity contribution in [3.05, 3.63) is 138 Å². The van der Waals surface area contributed by atoms with Gasteiger partial charge in [-0.05, 0) is 59.2 Å². The fourth-order valence-corrected chi connectivity index (χ4v) is 7.40. The minimum atomic E-state index is -1.44. The van der Waals surface area contributed by atoms with E-state index in [0.29, 0.717) is 39.6 Å². The van der Waals surface area contributed by atoms with Gasteiger partial charge in [0.15, 0.2) is 23.1 Å². The molecule has 1 fully saturated rings. The molecule has 1 N–H and O–H groups in total. The Morgan fingerprint density at radius 2 is 1.65 bits per heavy atom. The number of hydrogen-bond acceptors (Lipinski definition) is 7. The average molecular weight is 613 g/mol. The molecular formula is C38H32N2O6. The molecule has 3 aliphatic rings. The first-order valence-corrected chi connectivity index (χ1v) is 15.0. The molecular weight excluding hydrogens is 580 g/mol. The third-order valence-electron chi connectivity index (χ3n) is 9.28. The summed E-state index contributed by atoms with van der Waals surface area (Å²) < 4.78 is 16.7. The number of nitrogens with one attached hydrogen (secondary N) is 1. The fraction of sp³-hybridized carbons (Fsp3) is 0.184. The first-order valence-electron chi connectivity index (χ1n) is 15.0. The largest absolute Gasteiger partial charge is 0.493 e. The number of carbonyl (C=O) groups excluding carboxylic acids is 3. The summed E-state index contributed by atoms with van der Waals surface area (Å²) in [7, 11) is 3.03. The molecule has 8 heteroatoms. The predicted octanol–water partition coefficient (Wildman–Crippen LogP) is 6.25. The topological polar surface area (TPSA) is 94.2 Å². The number of fused-ring (bicyclic) bond motifs is 6. The normalized spacial score (nSPS) is 22.0. The van der Waals surface area contributed by atoms with Crippen molar-refractivity contribution in [2.45, 2.75) is 17.5 Å². The van der Waals surface area contributed by atoms with Gasteiger partial charge in [0.1, 0.15) is 23.8 Å². The van der Waals surface area contributed by atoms with Crippen molar-refractivity contribution in [1.82, 2.24) is 4.90 Å². The van der Waals surface area contributed by atoms with Crippen LogP contribution in [0.3, 0.4) is 0 Å². The fourth-order valence-electron chi connectivity index (χ4n) is 7.40. The lowest BCUT2D eigenvalue weighted by Crippen LogP contribution is -2.49. The van der Waals surface area contributed by atoms with Gasteiger partial charge in [-0.25, -0.2) is 0 Å². The lowest BCUT2D eigenvalue weighted by atomic mass is 9.62. The highest BCUT2D eigenvalue weighted by molar-refractivity contribution is 6.16. The molecule has 0 radical (unpaired) electrons. The number of rotatable bonds is 9. The predicted molar refractivity (Wildman–Crippen MR) is 174 cm³/mol. The molecule has 4 atom stereocenters. The van der Waals surface area contributed by atoms with Crippen LogP contribution in [0.15, 0.2) is 110 Å². The minimum Gasteiger partial charge on any atom is -0.493 e. The van der Waals surface area contributed by atoms with E-state index in [1.807, 2.05) is 65.7 Å². The maximum atomic E-state index is 15.1. The molecule has 4 aromatic rings. The van der Waals surface area contributed by atoms with E-state index in [4.69, 9.17) is 14.2 Å². The number of anilines is 1. The Morgan fingerprint density at radius 1 is 0.891 bits per heavy atom. The maximum absolute atomic E-state index is 15.1. The molecule has 7 rings (SSSR count). The molecule has 1 spiro atoms. The van der Waals surface area contributed by atoms with Crippen LogP contribution in [-0.2, 0) is 10.2 Å². The van der Waals surface area contributed by atoms with E-state index in [-0.39, 0.29) is 24.1 Å². The van der Waals surface area contributed by atoms with E-state index >= 15 is 4.79 Å². The molecule has 1 saturated heterocycles. The molecule has 46 heavy (non-hydrogen) atoms. The average Bonchev–Trinajstić information content (AvgIpc) is 3.58. The second-order valence-corrected chi connectivity index (χ2v) is 11.5. The number of nitrogens with zero attached hydrogens (tertiary/aromatic N) is 1. The number of amides is 1. The summed E-state index contributed by atoms with van der Waals surface area (Å²) in [4.78, 5) is 46.6. The molecule has 0 aliphatic carbocycles. The van der Waals surface area contributed by atoms with Crippen molar-refractivity contribution in [3.8, 4) is 17.2 Å². The van der Waals surface area contributed by atoms with Gasteiger partial charge >= 0.3 is 0 Å². The Bertz CT molecular complexity index is 1930. The molecule has 8 nitrogen and oxygen atoms in total. The third kappa shape index (κ3) is 4.24. The number of ketones is 2. The number of hydrogen-bond donors (Lipinski definition) is 1. The third-order valence-corrected chi connectivity index (χ3v) is 9.28. The number of methoxy groups -OCH3 is 2. The van der Waals surface area contributed by atoms with E-state index in [1.165, 1.54) is 14.2 Å². The Balaban J connectivity index is 1.49. The molecule has 230 valence electrons. The van der Waals surface area contributed by atoms with Crippen LogP contribution in [0.4, 0.5) is 5.69 Å². The summed E-state index contributed by atoms with van der Waals surface area (Å²) in [5.41, 5.74) is 2.32. The van der Waals surface area contributed by atoms with Gasteiger partial charge in [-0.15, -0.1) is 0 Å². The number of benzene rings is 4. The highest BCUT2D eigenvalue weighted by Gasteiger charge is 2.70. The lowest BCUT2D eigenvalue weighted by Gasteiger charge is -2.38. The Hall–Kier alpha value is -5.63. The molecule has 4 aromatic carbocycles. The standard InChI is InChI=1S/C38H32N2O6/c1-4-20-46-26-12-9-11-24(21-26)34(41)32-33(35(42)25-16-17-30(44-2)31(22-25)45-3)40-19-18-23-10-5-6-13-27(23)36(40)38(32)28-14-7-8-15-29(28)39-37(38)43/h4-19,21-22,32-33,36H,1,20H2,2-3H3,(H,39,43). The summed E-state index contributed by atoms with van der Waals surface area (Å²) >= 11 is 0. The summed E-state index contributed by atoms with van der Waals surface area (Å²) in [6, 6.07) is 25.4. The van der Waals surface area contributed by atoms with Crippen molar-refractivity contribution in [2.75, 3.05) is 26.1 Å². The number of para-hydroxylation sites is 1. The smallest absolute Gasteiger partial charge is 0.238 e. The number of ether oxygens (including phenoxy) is 3. The van der Waals surface area contributed by atoms with Gasteiger partial charge in [-0.3, -0.25) is 14.4 Å². The molecule has 3 aliphatic heterocycles. The van der Waals surface area contributed by atoms with E-state index in [2.05, 4.69) is 11.9 Å². The minimum absolute atomic E-state index is 0.263. The van der Waals surface area contributed by atoms with E-state index in [0.717, 1.165) is 11.1 Å². The van der Waals surface area contributed by atoms with Crippen molar-refractivity contribution in [1.29, 1.82) is 0 Å². The monoisotopic (exact) mass is 612 g/mol. The molecule has 0 bridgehead atoms. The molecule has 3 heterocycles. The SMILES string of the molecule is C=CCOc1cccc(C(=O)C2C(C(=O)c3ccc(OC)c(OC)c3)N3C=Cc4ccccc4C3C23C(=O)Nc2ccccc23)c1. The zero-order chi connectivity index (χ0) is 32.0. The van der Waals surface area contributed by atoms with Crippen molar-refractivity contribution in [2.24, 2.45) is 5.92 Å². The molecule has 0 aromatic heterocycles. The highest BCUT2D eigenvalue weighted by Crippen LogP contribution is 2.62. The Kier molecular flexibility index (Phi) is 7.20. The summed E-state index contributed by atoms with van der Waals surface area (Å²) in [6.07, 6.45) is 5.41. The van der Waals surface area contributed by atoms with Crippen LogP contribution in [0.2, 0.25) is 0 Å². The van der Waals surface area contributed by atoms with Crippen LogP contribution in [-0.4, -0.2) is 49.2 Å². The van der Waals surface area contributed by atoms with Crippen molar-refractivity contribution < 1.29 is 28.6 Å². The van der Waals surface area contributed by atoms with E-state index in [1.54, 1.807) is 48.5 Å². The zero-order valence-electron chi connectivity index (χ0n) is 25.4. The van der Waals surface area contributed by atoms with Crippen LogP contribution in [0.5, 0.6) is 17.2 Å². The number of carbonyl (C=O) groups is 3. The van der Waals surface area contributed by atoms with E-state index < -0.39 is 23.4 Å². The quantitative estimate of drug-likeness (QED) is 0.176. The van der Waals surface area contributed by atoms with Gasteiger partial charge in [0.2, 0.25) is 5.91 Å². The molecule has 4 unspecified atom stereocenters. The Labute approximate surface area is 266 Å². The highest BCUT2D eigenvalue weighted by atomic mass is 16.5. The first-order chi connectivity index (χ1) is 22.4. The Morgan fingerprint density at radius 3 is 2.46 bits per heavy atom. The lowest BCUT2D eigenvalue weighted by molar-refractivity contribution is -0.122. The second-order valence-electron chi connectivity index (χ2n) is 11.5. The molecule has 1 amide bonds. The number of Topliss-reactive ketones (excluding diaryl/α,β-unsaturated/α-hetero) is 2. The van der Waals surface area contributed by atoms with Gasteiger partial charge in [0.05, 0.1) is 26.2 Å². The van der Waals surface area contributed by atoms with Gasteiger partial charge in [-0.1, -0.05) is 67.3 Å². The van der Waals surface area contributed by atoms with Crippen LogP contribution in [0.1, 0.15) is 43.4 Å². The summed E-state index contributed by atoms with van der Waals surface area (Å²) in [6.45, 7) is 3.98. The van der Waals surface area contributed by atoms with Crippen molar-refractivity contribution >= 4 is 29.2 Å². The van der Waals surface area contributed by atoms with Gasteiger partial charge < -0.3 is 24.4 Å².